The Hall–Kier alpha value is -1.70. The number of carboxylic acids is 1. The fourth-order valence-corrected chi connectivity index (χ4v) is 2.38. The highest BCUT2D eigenvalue weighted by molar-refractivity contribution is 7.13. The number of carbonyl (C=O) groups excluding carboxylic acids is 1. The minimum atomic E-state index is -0.970. The molecule has 2 amide bonds. The molecule has 1 saturated heterocycles. The van der Waals surface area contributed by atoms with Crippen LogP contribution in [0.2, 0.25) is 0 Å². The van der Waals surface area contributed by atoms with E-state index in [4.69, 9.17) is 5.11 Å². The summed E-state index contributed by atoms with van der Waals surface area (Å²) in [5, 5.41) is 19.3. The number of aromatic nitrogens is 2. The van der Waals surface area contributed by atoms with Crippen molar-refractivity contribution in [3.63, 3.8) is 0 Å². The van der Waals surface area contributed by atoms with E-state index in [-0.39, 0.29) is 5.92 Å². The summed E-state index contributed by atoms with van der Waals surface area (Å²) in [5.41, 5.74) is 1.50. The van der Waals surface area contributed by atoms with Crippen LogP contribution >= 0.6 is 11.3 Å². The Morgan fingerprint density at radius 1 is 1.65 bits per heavy atom. The van der Waals surface area contributed by atoms with Crippen molar-refractivity contribution < 1.29 is 14.7 Å². The lowest BCUT2D eigenvalue weighted by Gasteiger charge is -2.22. The molecule has 2 rings (SSSR count). The lowest BCUT2D eigenvalue weighted by Crippen LogP contribution is -2.44. The average Bonchev–Trinajstić information content (AvgIpc) is 2.86. The predicted molar refractivity (Wildman–Crippen MR) is 60.8 cm³/mol. The van der Waals surface area contributed by atoms with E-state index in [1.54, 1.807) is 0 Å². The molecule has 0 aromatic carbocycles. The number of rotatable bonds is 2. The van der Waals surface area contributed by atoms with Gasteiger partial charge in [0.15, 0.2) is 0 Å². The molecule has 2 unspecified atom stereocenters. The van der Waals surface area contributed by atoms with Gasteiger partial charge in [-0.2, -0.15) is 0 Å². The van der Waals surface area contributed by atoms with Gasteiger partial charge < -0.3 is 10.0 Å². The van der Waals surface area contributed by atoms with E-state index in [0.717, 1.165) is 0 Å². The van der Waals surface area contributed by atoms with Crippen LogP contribution in [-0.4, -0.2) is 44.8 Å². The Kier molecular flexibility index (Phi) is 3.23. The monoisotopic (exact) mass is 256 g/mol. The summed E-state index contributed by atoms with van der Waals surface area (Å²) in [6.45, 7) is 2.28. The number of aliphatic carboxylic acids is 1. The second-order valence-corrected chi connectivity index (χ2v) is 4.75. The first-order chi connectivity index (χ1) is 8.09. The number of nitrogens with one attached hydrogen (secondary N) is 1. The quantitative estimate of drug-likeness (QED) is 0.818. The molecule has 92 valence electrons. The summed E-state index contributed by atoms with van der Waals surface area (Å²) >= 11 is 1.19. The fourth-order valence-electron chi connectivity index (χ4n) is 1.94. The van der Waals surface area contributed by atoms with Crippen molar-refractivity contribution in [2.75, 3.05) is 11.9 Å². The van der Waals surface area contributed by atoms with Crippen molar-refractivity contribution in [3.05, 3.63) is 5.51 Å². The zero-order chi connectivity index (χ0) is 12.4. The van der Waals surface area contributed by atoms with Crippen molar-refractivity contribution in [1.82, 2.24) is 15.1 Å². The maximum Gasteiger partial charge on any atom is 0.326 e. The van der Waals surface area contributed by atoms with Gasteiger partial charge in [0.2, 0.25) is 5.13 Å². The Balaban J connectivity index is 2.06. The molecule has 0 bridgehead atoms. The Bertz CT molecular complexity index is 422. The van der Waals surface area contributed by atoms with Crippen LogP contribution in [0.1, 0.15) is 13.3 Å². The number of likely N-dealkylation sites (tertiary alicyclic amines) is 1. The van der Waals surface area contributed by atoms with Crippen LogP contribution in [0, 0.1) is 5.92 Å². The number of hydrogen-bond donors (Lipinski definition) is 2. The number of carboxylic acid groups (broad SMARTS) is 1. The van der Waals surface area contributed by atoms with Gasteiger partial charge in [-0.15, -0.1) is 10.2 Å². The molecule has 1 aliphatic rings. The molecule has 1 fully saturated rings. The molecule has 2 atom stereocenters. The van der Waals surface area contributed by atoms with Crippen LogP contribution in [0.3, 0.4) is 0 Å². The predicted octanol–water partition coefficient (Wildman–Crippen LogP) is 0.865. The minimum Gasteiger partial charge on any atom is -0.480 e. The van der Waals surface area contributed by atoms with Gasteiger partial charge in [-0.3, -0.25) is 5.32 Å². The van der Waals surface area contributed by atoms with Crippen molar-refractivity contribution in [3.8, 4) is 0 Å². The molecule has 2 heterocycles. The van der Waals surface area contributed by atoms with E-state index in [2.05, 4.69) is 15.5 Å². The van der Waals surface area contributed by atoms with Crippen LogP contribution in [0.4, 0.5) is 9.93 Å². The molecule has 8 heteroatoms. The Labute approximate surface area is 101 Å². The highest BCUT2D eigenvalue weighted by Gasteiger charge is 2.39. The number of anilines is 1. The number of carbonyl (C=O) groups is 2. The normalized spacial score (nSPS) is 23.7. The molecule has 1 aromatic rings. The van der Waals surface area contributed by atoms with Crippen LogP contribution in [0.5, 0.6) is 0 Å². The van der Waals surface area contributed by atoms with Gasteiger partial charge in [0.1, 0.15) is 11.6 Å². The minimum absolute atomic E-state index is 0.0346. The first kappa shape index (κ1) is 11.8. The van der Waals surface area contributed by atoms with E-state index in [9.17, 15) is 9.59 Å². The van der Waals surface area contributed by atoms with Crippen molar-refractivity contribution in [2.24, 2.45) is 5.92 Å². The van der Waals surface area contributed by atoms with Crippen LogP contribution in [0.15, 0.2) is 5.51 Å². The van der Waals surface area contributed by atoms with Gasteiger partial charge in [0.25, 0.3) is 0 Å². The third kappa shape index (κ3) is 2.36. The number of hydrogen-bond acceptors (Lipinski definition) is 5. The average molecular weight is 256 g/mol. The number of amides is 2. The summed E-state index contributed by atoms with van der Waals surface area (Å²) in [6, 6.07) is -1.19. The Morgan fingerprint density at radius 3 is 3.00 bits per heavy atom. The summed E-state index contributed by atoms with van der Waals surface area (Å²) < 4.78 is 0. The highest BCUT2D eigenvalue weighted by atomic mass is 32.1. The Morgan fingerprint density at radius 2 is 2.41 bits per heavy atom. The summed E-state index contributed by atoms with van der Waals surface area (Å²) in [5.74, 6) is -1.00. The molecule has 1 aromatic heterocycles. The van der Waals surface area contributed by atoms with Crippen molar-refractivity contribution in [2.45, 2.75) is 19.4 Å². The van der Waals surface area contributed by atoms with Gasteiger partial charge in [0, 0.05) is 6.54 Å². The molecule has 0 aliphatic carbocycles. The van der Waals surface area contributed by atoms with Gasteiger partial charge in [-0.1, -0.05) is 18.3 Å². The van der Waals surface area contributed by atoms with Crippen LogP contribution in [-0.2, 0) is 4.79 Å². The standard InChI is InChI=1S/C9H12N4O3S/c1-5-2-3-13(6(5)7(14)15)9(16)11-8-12-10-4-17-8/h4-6H,2-3H2,1H3,(H,14,15)(H,11,12,16). The first-order valence-corrected chi connectivity index (χ1v) is 6.04. The van der Waals surface area contributed by atoms with E-state index >= 15 is 0 Å². The van der Waals surface area contributed by atoms with E-state index < -0.39 is 18.0 Å². The van der Waals surface area contributed by atoms with Crippen molar-refractivity contribution >= 4 is 28.5 Å². The van der Waals surface area contributed by atoms with Gasteiger partial charge in [-0.25, -0.2) is 9.59 Å². The van der Waals surface area contributed by atoms with E-state index in [1.807, 2.05) is 6.92 Å². The molecular formula is C9H12N4O3S. The molecule has 7 nitrogen and oxygen atoms in total. The lowest BCUT2D eigenvalue weighted by molar-refractivity contribution is -0.142. The molecule has 2 N–H and O–H groups in total. The fraction of sp³-hybridized carbons (Fsp3) is 0.556. The highest BCUT2D eigenvalue weighted by Crippen LogP contribution is 2.25. The zero-order valence-corrected chi connectivity index (χ0v) is 9.98. The van der Waals surface area contributed by atoms with Gasteiger partial charge in [-0.05, 0) is 12.3 Å². The maximum atomic E-state index is 11.9. The second kappa shape index (κ2) is 4.66. The molecule has 0 spiro atoms. The van der Waals surface area contributed by atoms with Gasteiger partial charge in [0.05, 0.1) is 0 Å². The topological polar surface area (TPSA) is 95.4 Å². The summed E-state index contributed by atoms with van der Waals surface area (Å²) in [4.78, 5) is 24.3. The molecule has 1 aliphatic heterocycles. The lowest BCUT2D eigenvalue weighted by atomic mass is 10.0. The SMILES string of the molecule is CC1CCN(C(=O)Nc2nncs2)C1C(=O)O. The third-order valence-electron chi connectivity index (χ3n) is 2.79. The van der Waals surface area contributed by atoms with E-state index in [1.165, 1.54) is 21.7 Å². The summed E-state index contributed by atoms with van der Waals surface area (Å²) in [7, 11) is 0. The molecule has 17 heavy (non-hydrogen) atoms. The molecule has 0 radical (unpaired) electrons. The second-order valence-electron chi connectivity index (χ2n) is 3.92. The first-order valence-electron chi connectivity index (χ1n) is 5.16. The number of nitrogens with zero attached hydrogens (tertiary/aromatic N) is 3. The smallest absolute Gasteiger partial charge is 0.326 e. The summed E-state index contributed by atoms with van der Waals surface area (Å²) in [6.07, 6.45) is 0.695. The largest absolute Gasteiger partial charge is 0.480 e. The third-order valence-corrected chi connectivity index (χ3v) is 3.39. The van der Waals surface area contributed by atoms with Crippen molar-refractivity contribution in [1.29, 1.82) is 0 Å². The van der Waals surface area contributed by atoms with Crippen LogP contribution < -0.4 is 5.32 Å². The molecule has 0 saturated carbocycles. The van der Waals surface area contributed by atoms with E-state index in [0.29, 0.717) is 18.1 Å². The maximum absolute atomic E-state index is 11.9. The van der Waals surface area contributed by atoms with Crippen LogP contribution in [0.25, 0.3) is 0 Å². The zero-order valence-electron chi connectivity index (χ0n) is 9.16. The number of urea groups is 1. The molecular weight excluding hydrogens is 244 g/mol. The van der Waals surface area contributed by atoms with Gasteiger partial charge >= 0.3 is 12.0 Å².